The van der Waals surface area contributed by atoms with Crippen molar-refractivity contribution in [2.45, 2.75) is 18.8 Å². The van der Waals surface area contributed by atoms with E-state index in [1.54, 1.807) is 0 Å². The van der Waals surface area contributed by atoms with Gasteiger partial charge in [-0.1, -0.05) is 12.1 Å². The fourth-order valence-electron chi connectivity index (χ4n) is 3.07. The molecule has 1 aromatic heterocycles. The number of aromatic nitrogens is 2. The van der Waals surface area contributed by atoms with Gasteiger partial charge >= 0.3 is 0 Å². The molecule has 0 atom stereocenters. The van der Waals surface area contributed by atoms with Crippen molar-refractivity contribution in [1.82, 2.24) is 14.9 Å². The van der Waals surface area contributed by atoms with Crippen LogP contribution < -0.4 is 0 Å². The molecule has 0 unspecified atom stereocenters. The third kappa shape index (κ3) is 4.51. The van der Waals surface area contributed by atoms with Gasteiger partial charge in [0.25, 0.3) is 0 Å². The number of piperidine rings is 1. The van der Waals surface area contributed by atoms with Gasteiger partial charge < -0.3 is 24.5 Å². The fourth-order valence-corrected chi connectivity index (χ4v) is 3.07. The average molecular weight is 319 g/mol. The quantitative estimate of drug-likeness (QED) is 0.573. The minimum absolute atomic E-state index is 0.237. The van der Waals surface area contributed by atoms with Crippen LogP contribution in [-0.2, 0) is 9.47 Å². The third-order valence-corrected chi connectivity index (χ3v) is 4.40. The molecule has 6 nitrogen and oxygen atoms in total. The molecule has 1 aliphatic heterocycles. The lowest BCUT2D eigenvalue weighted by atomic mass is 9.96. The molecule has 6 heteroatoms. The van der Waals surface area contributed by atoms with Gasteiger partial charge in [0, 0.05) is 12.5 Å². The maximum Gasteiger partial charge on any atom is 0.143 e. The predicted octanol–water partition coefficient (Wildman–Crippen LogP) is 1.73. The van der Waals surface area contributed by atoms with E-state index in [-0.39, 0.29) is 6.79 Å². The molecule has 0 aliphatic carbocycles. The molecule has 2 aromatic rings. The number of rotatable bonds is 8. The van der Waals surface area contributed by atoms with Crippen LogP contribution in [-0.4, -0.2) is 66.2 Å². The number of aliphatic hydroxyl groups is 1. The summed E-state index contributed by atoms with van der Waals surface area (Å²) in [5.41, 5.74) is 2.19. The van der Waals surface area contributed by atoms with Crippen LogP contribution in [0.1, 0.15) is 24.6 Å². The molecular formula is C17H25N3O3. The summed E-state index contributed by atoms with van der Waals surface area (Å²) in [6.45, 7) is 4.58. The molecule has 3 rings (SSSR count). The number of hydrogen-bond donors (Lipinski definition) is 2. The molecule has 23 heavy (non-hydrogen) atoms. The first-order chi connectivity index (χ1) is 11.4. The smallest absolute Gasteiger partial charge is 0.143 e. The monoisotopic (exact) mass is 319 g/mol. The van der Waals surface area contributed by atoms with E-state index in [4.69, 9.17) is 19.6 Å². The Labute approximate surface area is 136 Å². The lowest BCUT2D eigenvalue weighted by molar-refractivity contribution is -0.0315. The van der Waals surface area contributed by atoms with Gasteiger partial charge in [0.05, 0.1) is 30.9 Å². The van der Waals surface area contributed by atoms with Crippen LogP contribution in [0.2, 0.25) is 0 Å². The zero-order chi connectivity index (χ0) is 15.9. The number of fused-ring (bicyclic) bond motifs is 1. The Hall–Kier alpha value is -1.47. The largest absolute Gasteiger partial charge is 0.378 e. The van der Waals surface area contributed by atoms with Crippen molar-refractivity contribution in [2.24, 2.45) is 0 Å². The van der Waals surface area contributed by atoms with E-state index in [0.717, 1.165) is 49.3 Å². The van der Waals surface area contributed by atoms with E-state index < -0.39 is 0 Å². The molecule has 0 saturated carbocycles. The standard InChI is InChI=1S/C17H25N3O3/c21-13-23-12-11-22-10-9-20-7-5-14(6-8-20)17-18-15-3-1-2-4-16(15)19-17/h1-4,14,21H,5-13H2,(H,18,19). The molecule has 2 N–H and O–H groups in total. The number of likely N-dealkylation sites (tertiary alicyclic amines) is 1. The Morgan fingerprint density at radius 3 is 2.70 bits per heavy atom. The third-order valence-electron chi connectivity index (χ3n) is 4.40. The first-order valence-corrected chi connectivity index (χ1v) is 8.30. The Morgan fingerprint density at radius 1 is 1.13 bits per heavy atom. The Morgan fingerprint density at radius 2 is 1.91 bits per heavy atom. The van der Waals surface area contributed by atoms with Gasteiger partial charge in [-0.25, -0.2) is 4.98 Å². The molecule has 0 radical (unpaired) electrons. The number of nitrogens with one attached hydrogen (secondary N) is 1. The van der Waals surface area contributed by atoms with Crippen LogP contribution in [0.15, 0.2) is 24.3 Å². The minimum atomic E-state index is -0.237. The van der Waals surface area contributed by atoms with Crippen LogP contribution in [0.25, 0.3) is 11.0 Å². The van der Waals surface area contributed by atoms with Crippen LogP contribution >= 0.6 is 0 Å². The normalized spacial score (nSPS) is 17.1. The number of nitrogens with zero attached hydrogens (tertiary/aromatic N) is 2. The van der Waals surface area contributed by atoms with Crippen molar-refractivity contribution in [3.63, 3.8) is 0 Å². The number of imidazole rings is 1. The second-order valence-corrected chi connectivity index (χ2v) is 5.90. The van der Waals surface area contributed by atoms with Crippen molar-refractivity contribution in [3.05, 3.63) is 30.1 Å². The molecule has 1 aliphatic rings. The summed E-state index contributed by atoms with van der Waals surface area (Å²) in [5.74, 6) is 1.65. The highest BCUT2D eigenvalue weighted by Crippen LogP contribution is 2.27. The number of benzene rings is 1. The van der Waals surface area contributed by atoms with Crippen LogP contribution in [0.5, 0.6) is 0 Å². The molecule has 0 amide bonds. The van der Waals surface area contributed by atoms with E-state index in [0.29, 0.717) is 25.7 Å². The fraction of sp³-hybridized carbons (Fsp3) is 0.588. The second-order valence-electron chi connectivity index (χ2n) is 5.90. The molecule has 0 spiro atoms. The van der Waals surface area contributed by atoms with Crippen LogP contribution in [0, 0.1) is 0 Å². The maximum atomic E-state index is 8.50. The Kier molecular flexibility index (Phi) is 5.99. The zero-order valence-corrected chi connectivity index (χ0v) is 13.4. The number of ether oxygens (including phenoxy) is 2. The molecule has 1 fully saturated rings. The zero-order valence-electron chi connectivity index (χ0n) is 13.4. The number of para-hydroxylation sites is 2. The predicted molar refractivity (Wildman–Crippen MR) is 88.4 cm³/mol. The van der Waals surface area contributed by atoms with Crippen molar-refractivity contribution in [1.29, 1.82) is 0 Å². The number of aliphatic hydroxyl groups excluding tert-OH is 1. The van der Waals surface area contributed by atoms with Gasteiger partial charge in [0.2, 0.25) is 0 Å². The first kappa shape index (κ1) is 16.4. The SMILES string of the molecule is OCOCCOCCN1CCC(c2nc3ccccc3[nH]2)CC1. The summed E-state index contributed by atoms with van der Waals surface area (Å²) in [7, 11) is 0. The van der Waals surface area contributed by atoms with Gasteiger partial charge in [0.1, 0.15) is 12.6 Å². The highest BCUT2D eigenvalue weighted by atomic mass is 16.6. The maximum absolute atomic E-state index is 8.50. The van der Waals surface area contributed by atoms with E-state index in [1.807, 2.05) is 12.1 Å². The highest BCUT2D eigenvalue weighted by Gasteiger charge is 2.22. The first-order valence-electron chi connectivity index (χ1n) is 8.30. The topological polar surface area (TPSA) is 70.6 Å². The van der Waals surface area contributed by atoms with Crippen LogP contribution in [0.3, 0.4) is 0 Å². The van der Waals surface area contributed by atoms with Crippen molar-refractivity contribution in [3.8, 4) is 0 Å². The lowest BCUT2D eigenvalue weighted by Gasteiger charge is -2.30. The molecule has 2 heterocycles. The Bertz CT molecular complexity index is 561. The molecule has 0 bridgehead atoms. The van der Waals surface area contributed by atoms with E-state index in [1.165, 1.54) is 0 Å². The van der Waals surface area contributed by atoms with Gasteiger partial charge in [-0.3, -0.25) is 0 Å². The summed E-state index contributed by atoms with van der Waals surface area (Å²) in [4.78, 5) is 10.6. The molecular weight excluding hydrogens is 294 g/mol. The summed E-state index contributed by atoms with van der Waals surface area (Å²) >= 11 is 0. The second kappa shape index (κ2) is 8.40. The lowest BCUT2D eigenvalue weighted by Crippen LogP contribution is -2.35. The molecule has 126 valence electrons. The van der Waals surface area contributed by atoms with E-state index >= 15 is 0 Å². The average Bonchev–Trinajstić information content (AvgIpc) is 3.02. The molecule has 1 saturated heterocycles. The van der Waals surface area contributed by atoms with Crippen molar-refractivity contribution < 1.29 is 14.6 Å². The van der Waals surface area contributed by atoms with Gasteiger partial charge in [0.15, 0.2) is 0 Å². The minimum Gasteiger partial charge on any atom is -0.378 e. The van der Waals surface area contributed by atoms with E-state index in [9.17, 15) is 0 Å². The van der Waals surface area contributed by atoms with Crippen molar-refractivity contribution >= 4 is 11.0 Å². The highest BCUT2D eigenvalue weighted by molar-refractivity contribution is 5.74. The summed E-state index contributed by atoms with van der Waals surface area (Å²) < 4.78 is 10.3. The van der Waals surface area contributed by atoms with Crippen LogP contribution in [0.4, 0.5) is 0 Å². The summed E-state index contributed by atoms with van der Waals surface area (Å²) in [6, 6.07) is 8.21. The van der Waals surface area contributed by atoms with Gasteiger partial charge in [-0.2, -0.15) is 0 Å². The van der Waals surface area contributed by atoms with Gasteiger partial charge in [-0.15, -0.1) is 0 Å². The number of aromatic amines is 1. The van der Waals surface area contributed by atoms with E-state index in [2.05, 4.69) is 22.0 Å². The number of H-pyrrole nitrogens is 1. The summed E-state index contributed by atoms with van der Waals surface area (Å²) in [5, 5.41) is 8.50. The van der Waals surface area contributed by atoms with Gasteiger partial charge in [-0.05, 0) is 38.1 Å². The Balaban J connectivity index is 1.40. The molecule has 1 aromatic carbocycles. The number of hydrogen-bond acceptors (Lipinski definition) is 5. The van der Waals surface area contributed by atoms with Crippen molar-refractivity contribution in [2.75, 3.05) is 46.2 Å². The summed E-state index contributed by atoms with van der Waals surface area (Å²) in [6.07, 6.45) is 2.26.